The summed E-state index contributed by atoms with van der Waals surface area (Å²) in [5, 5.41) is 5.67. The molecule has 0 aromatic heterocycles. The standard InChI is InChI=1S/C19H27N3O3/c1-4-21-16(23)12-7-9-13(10-8-12)22-17(24)19(20)14-6-5-11-25-15(14)18(19,2)3/h7-10,14-15H,4-6,11,20H2,1-3H3,(H,21,23)(H,22,24). The topological polar surface area (TPSA) is 93.5 Å². The van der Waals surface area contributed by atoms with Gasteiger partial charge in [0.05, 0.1) is 6.10 Å². The zero-order valence-electron chi connectivity index (χ0n) is 15.1. The van der Waals surface area contributed by atoms with Crippen LogP contribution in [0.1, 0.15) is 44.0 Å². The number of anilines is 1. The van der Waals surface area contributed by atoms with Crippen LogP contribution >= 0.6 is 0 Å². The second-order valence-electron chi connectivity index (χ2n) is 7.52. The number of hydrogen-bond donors (Lipinski definition) is 3. The number of fused-ring (bicyclic) bond motifs is 1. The Balaban J connectivity index is 1.72. The van der Waals surface area contributed by atoms with Crippen LogP contribution in [0.25, 0.3) is 0 Å². The van der Waals surface area contributed by atoms with E-state index in [9.17, 15) is 9.59 Å². The molecule has 1 saturated carbocycles. The highest BCUT2D eigenvalue weighted by molar-refractivity contribution is 6.01. The van der Waals surface area contributed by atoms with Gasteiger partial charge in [0.25, 0.3) is 5.91 Å². The molecule has 4 N–H and O–H groups in total. The van der Waals surface area contributed by atoms with E-state index in [-0.39, 0.29) is 23.8 Å². The third-order valence-corrected chi connectivity index (χ3v) is 5.80. The molecule has 1 aromatic carbocycles. The Hall–Kier alpha value is -1.92. The van der Waals surface area contributed by atoms with E-state index in [4.69, 9.17) is 10.5 Å². The summed E-state index contributed by atoms with van der Waals surface area (Å²) < 4.78 is 5.85. The van der Waals surface area contributed by atoms with Crippen LogP contribution in [0.3, 0.4) is 0 Å². The third kappa shape index (κ3) is 2.73. The van der Waals surface area contributed by atoms with Crippen LogP contribution in [0.5, 0.6) is 0 Å². The number of rotatable bonds is 4. The molecule has 0 radical (unpaired) electrons. The SMILES string of the molecule is CCNC(=O)c1ccc(NC(=O)C2(N)C3CCCOC3C2(C)C)cc1. The van der Waals surface area contributed by atoms with Gasteiger partial charge in [0.1, 0.15) is 5.54 Å². The van der Waals surface area contributed by atoms with E-state index in [1.807, 2.05) is 20.8 Å². The molecule has 1 aliphatic heterocycles. The van der Waals surface area contributed by atoms with Gasteiger partial charge < -0.3 is 21.1 Å². The number of carbonyl (C=O) groups excluding carboxylic acids is 2. The molecule has 3 atom stereocenters. The largest absolute Gasteiger partial charge is 0.377 e. The van der Waals surface area contributed by atoms with E-state index in [2.05, 4.69) is 10.6 Å². The smallest absolute Gasteiger partial charge is 0.251 e. The molecule has 1 aliphatic carbocycles. The Bertz CT molecular complexity index is 671. The van der Waals surface area contributed by atoms with Gasteiger partial charge in [-0.2, -0.15) is 0 Å². The lowest BCUT2D eigenvalue weighted by Crippen LogP contribution is -2.81. The highest BCUT2D eigenvalue weighted by atomic mass is 16.5. The first-order valence-corrected chi connectivity index (χ1v) is 8.92. The zero-order chi connectivity index (χ0) is 18.2. The van der Waals surface area contributed by atoms with Crippen LogP contribution in [-0.2, 0) is 9.53 Å². The van der Waals surface area contributed by atoms with Crippen molar-refractivity contribution in [1.82, 2.24) is 5.32 Å². The maximum Gasteiger partial charge on any atom is 0.251 e. The van der Waals surface area contributed by atoms with Crippen LogP contribution in [0.4, 0.5) is 5.69 Å². The number of amides is 2. The zero-order valence-corrected chi connectivity index (χ0v) is 15.1. The van der Waals surface area contributed by atoms with Crippen molar-refractivity contribution in [3.05, 3.63) is 29.8 Å². The van der Waals surface area contributed by atoms with Gasteiger partial charge in [0.15, 0.2) is 0 Å². The van der Waals surface area contributed by atoms with E-state index in [1.54, 1.807) is 24.3 Å². The van der Waals surface area contributed by atoms with Gasteiger partial charge in [-0.25, -0.2) is 0 Å². The Labute approximate surface area is 148 Å². The number of nitrogens with two attached hydrogens (primary N) is 1. The molecule has 136 valence electrons. The van der Waals surface area contributed by atoms with Crippen molar-refractivity contribution in [3.63, 3.8) is 0 Å². The maximum atomic E-state index is 12.9. The Morgan fingerprint density at radius 1 is 1.28 bits per heavy atom. The van der Waals surface area contributed by atoms with Gasteiger partial charge in [0, 0.05) is 35.7 Å². The number of hydrogen-bond acceptors (Lipinski definition) is 4. The molecule has 1 saturated heterocycles. The summed E-state index contributed by atoms with van der Waals surface area (Å²) in [5.41, 5.74) is 6.43. The monoisotopic (exact) mass is 345 g/mol. The van der Waals surface area contributed by atoms with Gasteiger partial charge in [-0.05, 0) is 44.0 Å². The van der Waals surface area contributed by atoms with E-state index >= 15 is 0 Å². The fourth-order valence-electron chi connectivity index (χ4n) is 4.24. The summed E-state index contributed by atoms with van der Waals surface area (Å²) in [5.74, 6) is -0.265. The number of ether oxygens (including phenoxy) is 1. The van der Waals surface area contributed by atoms with Gasteiger partial charge >= 0.3 is 0 Å². The highest BCUT2D eigenvalue weighted by Crippen LogP contribution is 2.57. The van der Waals surface area contributed by atoms with Crippen molar-refractivity contribution in [3.8, 4) is 0 Å². The lowest BCUT2D eigenvalue weighted by Gasteiger charge is -2.65. The molecule has 25 heavy (non-hydrogen) atoms. The number of carbonyl (C=O) groups is 2. The molecular formula is C19H27N3O3. The molecule has 0 spiro atoms. The van der Waals surface area contributed by atoms with E-state index < -0.39 is 11.0 Å². The minimum Gasteiger partial charge on any atom is -0.377 e. The Morgan fingerprint density at radius 2 is 1.96 bits per heavy atom. The summed E-state index contributed by atoms with van der Waals surface area (Å²) in [7, 11) is 0. The minimum absolute atomic E-state index is 0.0390. The van der Waals surface area contributed by atoms with Crippen molar-refractivity contribution in [1.29, 1.82) is 0 Å². The second kappa shape index (κ2) is 6.42. The fourth-order valence-corrected chi connectivity index (χ4v) is 4.24. The van der Waals surface area contributed by atoms with Gasteiger partial charge in [-0.15, -0.1) is 0 Å². The normalized spacial score (nSPS) is 29.9. The van der Waals surface area contributed by atoms with E-state index in [1.165, 1.54) is 0 Å². The van der Waals surface area contributed by atoms with Crippen molar-refractivity contribution in [2.24, 2.45) is 17.1 Å². The lowest BCUT2D eigenvalue weighted by molar-refractivity contribution is -0.222. The lowest BCUT2D eigenvalue weighted by atomic mass is 9.46. The first-order valence-electron chi connectivity index (χ1n) is 8.92. The summed E-state index contributed by atoms with van der Waals surface area (Å²) in [6, 6.07) is 6.85. The average molecular weight is 345 g/mol. The molecule has 1 heterocycles. The molecule has 2 amide bonds. The molecular weight excluding hydrogens is 318 g/mol. The molecule has 6 heteroatoms. The molecule has 1 aromatic rings. The fraction of sp³-hybridized carbons (Fsp3) is 0.579. The average Bonchev–Trinajstić information content (AvgIpc) is 2.61. The van der Waals surface area contributed by atoms with Crippen molar-refractivity contribution in [2.45, 2.75) is 45.3 Å². The van der Waals surface area contributed by atoms with Crippen LogP contribution in [-0.4, -0.2) is 36.6 Å². The molecule has 2 fully saturated rings. The van der Waals surface area contributed by atoms with E-state index in [0.717, 1.165) is 19.4 Å². The summed E-state index contributed by atoms with van der Waals surface area (Å²) in [6.45, 7) is 7.18. The van der Waals surface area contributed by atoms with Crippen LogP contribution in [0, 0.1) is 11.3 Å². The highest BCUT2D eigenvalue weighted by Gasteiger charge is 2.70. The molecule has 6 nitrogen and oxygen atoms in total. The Kier molecular flexibility index (Phi) is 4.60. The molecule has 0 bridgehead atoms. The predicted octanol–water partition coefficient (Wildman–Crippen LogP) is 1.91. The summed E-state index contributed by atoms with van der Waals surface area (Å²) in [4.78, 5) is 24.7. The number of nitrogens with one attached hydrogen (secondary N) is 2. The third-order valence-electron chi connectivity index (χ3n) is 5.80. The van der Waals surface area contributed by atoms with Gasteiger partial charge in [-0.1, -0.05) is 13.8 Å². The van der Waals surface area contributed by atoms with Crippen molar-refractivity contribution in [2.75, 3.05) is 18.5 Å². The van der Waals surface area contributed by atoms with Crippen LogP contribution < -0.4 is 16.4 Å². The molecule has 3 unspecified atom stereocenters. The summed E-state index contributed by atoms with van der Waals surface area (Å²) >= 11 is 0. The predicted molar refractivity (Wildman–Crippen MR) is 96.2 cm³/mol. The van der Waals surface area contributed by atoms with Gasteiger partial charge in [-0.3, -0.25) is 9.59 Å². The van der Waals surface area contributed by atoms with Gasteiger partial charge in [0.2, 0.25) is 5.91 Å². The first kappa shape index (κ1) is 17.9. The van der Waals surface area contributed by atoms with Crippen LogP contribution in [0.15, 0.2) is 24.3 Å². The minimum atomic E-state index is -0.948. The Morgan fingerprint density at radius 3 is 2.60 bits per heavy atom. The molecule has 2 aliphatic rings. The quantitative estimate of drug-likeness (QED) is 0.777. The maximum absolute atomic E-state index is 12.9. The van der Waals surface area contributed by atoms with Crippen molar-refractivity contribution < 1.29 is 14.3 Å². The van der Waals surface area contributed by atoms with E-state index in [0.29, 0.717) is 17.8 Å². The second-order valence-corrected chi connectivity index (χ2v) is 7.52. The molecule has 3 rings (SSSR count). The number of benzene rings is 1. The van der Waals surface area contributed by atoms with Crippen molar-refractivity contribution >= 4 is 17.5 Å². The summed E-state index contributed by atoms with van der Waals surface area (Å²) in [6.07, 6.45) is 1.89. The first-order chi connectivity index (χ1) is 11.8. The van der Waals surface area contributed by atoms with Crippen LogP contribution in [0.2, 0.25) is 0 Å².